The van der Waals surface area contributed by atoms with Gasteiger partial charge in [0, 0.05) is 0 Å². The van der Waals surface area contributed by atoms with Gasteiger partial charge in [0.05, 0.1) is 11.8 Å². The van der Waals surface area contributed by atoms with Crippen molar-refractivity contribution in [2.75, 3.05) is 0 Å². The standard InChI is InChI=1S/C18H20O3/c1-11-13(3)17(14(4)12(2)16(11)18(19)20)21-10-15-8-6-5-7-9-15/h5-8,10H,9H2,1-4H3,(H,19,20). The number of hydrogen-bond acceptors (Lipinski definition) is 2. The average molecular weight is 284 g/mol. The van der Waals surface area contributed by atoms with Crippen LogP contribution >= 0.6 is 0 Å². The molecule has 0 heterocycles. The van der Waals surface area contributed by atoms with Gasteiger partial charge in [0.1, 0.15) is 5.75 Å². The van der Waals surface area contributed by atoms with E-state index in [9.17, 15) is 9.90 Å². The van der Waals surface area contributed by atoms with Crippen molar-refractivity contribution in [1.82, 2.24) is 0 Å². The zero-order chi connectivity index (χ0) is 15.6. The minimum atomic E-state index is -0.888. The number of carbonyl (C=O) groups is 1. The van der Waals surface area contributed by atoms with Gasteiger partial charge in [-0.1, -0.05) is 24.3 Å². The van der Waals surface area contributed by atoms with E-state index in [2.05, 4.69) is 6.08 Å². The summed E-state index contributed by atoms with van der Waals surface area (Å²) in [6.07, 6.45) is 10.6. The molecular weight excluding hydrogens is 264 g/mol. The highest BCUT2D eigenvalue weighted by Gasteiger charge is 2.19. The maximum atomic E-state index is 11.4. The lowest BCUT2D eigenvalue weighted by Crippen LogP contribution is -2.08. The number of benzene rings is 1. The lowest BCUT2D eigenvalue weighted by atomic mass is 9.93. The van der Waals surface area contributed by atoms with Gasteiger partial charge in [-0.3, -0.25) is 0 Å². The summed E-state index contributed by atoms with van der Waals surface area (Å²) in [6.45, 7) is 7.46. The molecule has 1 aliphatic rings. The van der Waals surface area contributed by atoms with E-state index in [4.69, 9.17) is 4.74 Å². The van der Waals surface area contributed by atoms with Gasteiger partial charge in [0.2, 0.25) is 0 Å². The van der Waals surface area contributed by atoms with Crippen LogP contribution in [0.15, 0.2) is 36.1 Å². The highest BCUT2D eigenvalue weighted by Crippen LogP contribution is 2.33. The van der Waals surface area contributed by atoms with Crippen LogP contribution in [-0.2, 0) is 0 Å². The van der Waals surface area contributed by atoms with E-state index in [1.165, 1.54) is 0 Å². The van der Waals surface area contributed by atoms with Gasteiger partial charge in [0.25, 0.3) is 0 Å². The van der Waals surface area contributed by atoms with Crippen molar-refractivity contribution in [2.24, 2.45) is 0 Å². The molecule has 2 rings (SSSR count). The van der Waals surface area contributed by atoms with Crippen LogP contribution in [0.4, 0.5) is 0 Å². The lowest BCUT2D eigenvalue weighted by Gasteiger charge is -2.17. The Labute approximate surface area is 125 Å². The molecule has 0 spiro atoms. The van der Waals surface area contributed by atoms with Crippen molar-refractivity contribution in [3.63, 3.8) is 0 Å². The Morgan fingerprint density at radius 2 is 1.71 bits per heavy atom. The quantitative estimate of drug-likeness (QED) is 0.837. The van der Waals surface area contributed by atoms with Gasteiger partial charge in [0.15, 0.2) is 0 Å². The average Bonchev–Trinajstić information content (AvgIpc) is 2.46. The molecule has 0 aromatic heterocycles. The molecule has 21 heavy (non-hydrogen) atoms. The van der Waals surface area contributed by atoms with Crippen LogP contribution in [0, 0.1) is 27.7 Å². The first-order valence-corrected chi connectivity index (χ1v) is 6.96. The van der Waals surface area contributed by atoms with E-state index < -0.39 is 5.97 Å². The van der Waals surface area contributed by atoms with Crippen molar-refractivity contribution >= 4 is 5.97 Å². The van der Waals surface area contributed by atoms with Crippen molar-refractivity contribution in [3.05, 3.63) is 64.0 Å². The third kappa shape index (κ3) is 2.92. The molecule has 1 N–H and O–H groups in total. The highest BCUT2D eigenvalue weighted by molar-refractivity contribution is 5.92. The second-order valence-corrected chi connectivity index (χ2v) is 5.31. The maximum absolute atomic E-state index is 11.4. The number of hydrogen-bond donors (Lipinski definition) is 1. The zero-order valence-corrected chi connectivity index (χ0v) is 12.9. The topological polar surface area (TPSA) is 46.5 Å². The summed E-state index contributed by atoms with van der Waals surface area (Å²) in [4.78, 5) is 11.4. The molecule has 0 aliphatic heterocycles. The summed E-state index contributed by atoms with van der Waals surface area (Å²) in [5, 5.41) is 9.35. The van der Waals surface area contributed by atoms with Crippen LogP contribution in [0.3, 0.4) is 0 Å². The fraction of sp³-hybridized carbons (Fsp3) is 0.278. The maximum Gasteiger partial charge on any atom is 0.336 e. The van der Waals surface area contributed by atoms with Gasteiger partial charge in [-0.2, -0.15) is 0 Å². The molecule has 1 aromatic carbocycles. The van der Waals surface area contributed by atoms with Crippen molar-refractivity contribution < 1.29 is 14.6 Å². The Kier molecular flexibility index (Phi) is 4.32. The molecule has 1 aromatic rings. The number of rotatable bonds is 3. The van der Waals surface area contributed by atoms with Crippen molar-refractivity contribution in [1.29, 1.82) is 0 Å². The molecule has 0 radical (unpaired) electrons. The minimum Gasteiger partial charge on any atom is -0.478 e. The first-order chi connectivity index (χ1) is 9.93. The van der Waals surface area contributed by atoms with Crippen molar-refractivity contribution in [3.8, 4) is 5.75 Å². The Balaban J connectivity index is 2.43. The third-order valence-corrected chi connectivity index (χ3v) is 4.01. The number of carboxylic acid groups (broad SMARTS) is 1. The molecule has 0 bridgehead atoms. The van der Waals surface area contributed by atoms with E-state index in [1.807, 2.05) is 45.9 Å². The Morgan fingerprint density at radius 1 is 1.10 bits per heavy atom. The smallest absolute Gasteiger partial charge is 0.336 e. The highest BCUT2D eigenvalue weighted by atomic mass is 16.5. The molecular formula is C18H20O3. The number of aromatic carboxylic acids is 1. The third-order valence-electron chi connectivity index (χ3n) is 4.01. The summed E-state index contributed by atoms with van der Waals surface area (Å²) in [5.74, 6) is -0.132. The van der Waals surface area contributed by atoms with Crippen molar-refractivity contribution in [2.45, 2.75) is 34.1 Å². The Hall–Kier alpha value is -2.29. The zero-order valence-electron chi connectivity index (χ0n) is 12.9. The fourth-order valence-corrected chi connectivity index (χ4v) is 2.53. The minimum absolute atomic E-state index is 0.380. The molecule has 1 aliphatic carbocycles. The summed E-state index contributed by atoms with van der Waals surface area (Å²) < 4.78 is 5.86. The number of allylic oxidation sites excluding steroid dienone is 5. The molecule has 0 unspecified atom stereocenters. The van der Waals surface area contributed by atoms with Gasteiger partial charge in [-0.15, -0.1) is 0 Å². The van der Waals surface area contributed by atoms with Crippen LogP contribution < -0.4 is 4.74 Å². The Bertz CT molecular complexity index is 647. The number of ether oxygens (including phenoxy) is 1. The van der Waals surface area contributed by atoms with Crippen LogP contribution in [0.1, 0.15) is 39.0 Å². The van der Waals surface area contributed by atoms with Crippen LogP contribution in [0.5, 0.6) is 5.75 Å². The Morgan fingerprint density at radius 3 is 2.19 bits per heavy atom. The van der Waals surface area contributed by atoms with E-state index in [0.717, 1.165) is 40.0 Å². The van der Waals surface area contributed by atoms with E-state index in [-0.39, 0.29) is 0 Å². The first kappa shape index (κ1) is 15.1. The predicted molar refractivity (Wildman–Crippen MR) is 84.0 cm³/mol. The normalized spacial score (nSPS) is 15.5. The molecule has 110 valence electrons. The second kappa shape index (κ2) is 6.00. The molecule has 0 saturated carbocycles. The predicted octanol–water partition coefficient (Wildman–Crippen LogP) is 4.40. The second-order valence-electron chi connectivity index (χ2n) is 5.31. The summed E-state index contributed by atoms with van der Waals surface area (Å²) >= 11 is 0. The van der Waals surface area contributed by atoms with Gasteiger partial charge < -0.3 is 9.84 Å². The molecule has 0 fully saturated rings. The summed E-state index contributed by atoms with van der Waals surface area (Å²) in [7, 11) is 0. The van der Waals surface area contributed by atoms with E-state index in [1.54, 1.807) is 6.26 Å². The number of carboxylic acids is 1. The lowest BCUT2D eigenvalue weighted by molar-refractivity contribution is 0.0695. The van der Waals surface area contributed by atoms with Gasteiger partial charge >= 0.3 is 5.97 Å². The van der Waals surface area contributed by atoms with Crippen LogP contribution in [0.2, 0.25) is 0 Å². The summed E-state index contributed by atoms with van der Waals surface area (Å²) in [5.41, 5.74) is 4.75. The monoisotopic (exact) mass is 284 g/mol. The molecule has 0 saturated heterocycles. The van der Waals surface area contributed by atoms with Crippen LogP contribution in [0.25, 0.3) is 0 Å². The summed E-state index contributed by atoms with van der Waals surface area (Å²) in [6, 6.07) is 0. The van der Waals surface area contributed by atoms with Gasteiger partial charge in [-0.05, 0) is 61.9 Å². The molecule has 3 heteroatoms. The van der Waals surface area contributed by atoms with Crippen LogP contribution in [-0.4, -0.2) is 11.1 Å². The first-order valence-electron chi connectivity index (χ1n) is 6.96. The molecule has 0 atom stereocenters. The SMILES string of the molecule is Cc1c(C)c(C(=O)O)c(C)c(C)c1OC=C1C=CC=CC1. The van der Waals surface area contributed by atoms with E-state index >= 15 is 0 Å². The van der Waals surface area contributed by atoms with Gasteiger partial charge in [-0.25, -0.2) is 4.79 Å². The van der Waals surface area contributed by atoms with E-state index in [0.29, 0.717) is 5.56 Å². The fourth-order valence-electron chi connectivity index (χ4n) is 2.53. The largest absolute Gasteiger partial charge is 0.478 e. The molecule has 0 amide bonds. The molecule has 3 nitrogen and oxygen atoms in total.